The van der Waals surface area contributed by atoms with Crippen molar-refractivity contribution < 1.29 is 4.74 Å². The third kappa shape index (κ3) is 7.11. The fourth-order valence-electron chi connectivity index (χ4n) is 4.01. The molecule has 1 aliphatic rings. The maximum atomic E-state index is 6.27. The Bertz CT molecular complexity index is 1080. The predicted octanol–water partition coefficient (Wildman–Crippen LogP) is 6.23. The summed E-state index contributed by atoms with van der Waals surface area (Å²) in [6, 6.07) is 20.0. The molecular formula is C27H30Cl3N3O. The van der Waals surface area contributed by atoms with Gasteiger partial charge < -0.3 is 15.0 Å². The second-order valence-electron chi connectivity index (χ2n) is 8.68. The maximum Gasteiger partial charge on any atom is 0.123 e. The predicted molar refractivity (Wildman–Crippen MR) is 143 cm³/mol. The lowest BCUT2D eigenvalue weighted by Gasteiger charge is -2.32. The standard InChI is InChI=1S/C27H30Cl3N3O/c1-32-11-13-33(14-12-32)19-23-16-21(22-4-8-25(29)26(30)17-22)5-9-27(23)34-15-10-31-18-20-2-6-24(28)7-3-20/h2-9,16-17,31H,10-15,18-19H2,1H3. The van der Waals surface area contributed by atoms with Crippen LogP contribution >= 0.6 is 34.8 Å². The maximum absolute atomic E-state index is 6.27. The van der Waals surface area contributed by atoms with Crippen LogP contribution in [0.15, 0.2) is 60.7 Å². The first-order chi connectivity index (χ1) is 16.5. The molecule has 3 aromatic carbocycles. The van der Waals surface area contributed by atoms with E-state index in [-0.39, 0.29) is 0 Å². The SMILES string of the molecule is CN1CCN(Cc2cc(-c3ccc(Cl)c(Cl)c3)ccc2OCCNCc2ccc(Cl)cc2)CC1. The Kier molecular flexibility index (Phi) is 9.12. The molecule has 1 fully saturated rings. The summed E-state index contributed by atoms with van der Waals surface area (Å²) >= 11 is 18.4. The number of likely N-dealkylation sites (N-methyl/N-ethyl adjacent to an activating group) is 1. The van der Waals surface area contributed by atoms with E-state index in [1.165, 1.54) is 11.1 Å². The number of nitrogens with one attached hydrogen (secondary N) is 1. The molecule has 1 heterocycles. The van der Waals surface area contributed by atoms with Crippen LogP contribution in [0.25, 0.3) is 11.1 Å². The summed E-state index contributed by atoms with van der Waals surface area (Å²) in [5, 5.41) is 5.31. The highest BCUT2D eigenvalue weighted by molar-refractivity contribution is 6.42. The quantitative estimate of drug-likeness (QED) is 0.340. The van der Waals surface area contributed by atoms with Crippen molar-refractivity contribution in [1.82, 2.24) is 15.1 Å². The summed E-state index contributed by atoms with van der Waals surface area (Å²) in [7, 11) is 2.17. The van der Waals surface area contributed by atoms with Gasteiger partial charge in [-0.25, -0.2) is 0 Å². The van der Waals surface area contributed by atoms with Gasteiger partial charge in [-0.15, -0.1) is 0 Å². The Morgan fingerprint density at radius 3 is 2.26 bits per heavy atom. The number of piperazine rings is 1. The molecule has 0 bridgehead atoms. The third-order valence-electron chi connectivity index (χ3n) is 6.08. The van der Waals surface area contributed by atoms with Crippen molar-refractivity contribution in [3.8, 4) is 16.9 Å². The van der Waals surface area contributed by atoms with Crippen LogP contribution in [0.2, 0.25) is 15.1 Å². The average Bonchev–Trinajstić information content (AvgIpc) is 2.84. The minimum atomic E-state index is 0.562. The minimum Gasteiger partial charge on any atom is -0.492 e. The van der Waals surface area contributed by atoms with Crippen LogP contribution in [0.5, 0.6) is 5.75 Å². The molecule has 180 valence electrons. The summed E-state index contributed by atoms with van der Waals surface area (Å²) in [6.07, 6.45) is 0. The van der Waals surface area contributed by atoms with Gasteiger partial charge in [-0.2, -0.15) is 0 Å². The molecule has 0 atom stereocenters. The fourth-order valence-corrected chi connectivity index (χ4v) is 4.44. The van der Waals surface area contributed by atoms with E-state index in [9.17, 15) is 0 Å². The monoisotopic (exact) mass is 517 g/mol. The van der Waals surface area contributed by atoms with Crippen molar-refractivity contribution >= 4 is 34.8 Å². The second-order valence-corrected chi connectivity index (χ2v) is 9.93. The summed E-state index contributed by atoms with van der Waals surface area (Å²) < 4.78 is 6.22. The van der Waals surface area contributed by atoms with E-state index in [4.69, 9.17) is 39.5 Å². The van der Waals surface area contributed by atoms with Crippen molar-refractivity contribution in [3.63, 3.8) is 0 Å². The van der Waals surface area contributed by atoms with Gasteiger partial charge in [0.15, 0.2) is 0 Å². The Morgan fingerprint density at radius 2 is 1.53 bits per heavy atom. The van der Waals surface area contributed by atoms with Crippen molar-refractivity contribution in [1.29, 1.82) is 0 Å². The normalized spacial score (nSPS) is 14.9. The van der Waals surface area contributed by atoms with Crippen LogP contribution in [0, 0.1) is 0 Å². The number of benzene rings is 3. The molecular weight excluding hydrogens is 489 g/mol. The van der Waals surface area contributed by atoms with Crippen LogP contribution in [0.3, 0.4) is 0 Å². The van der Waals surface area contributed by atoms with Gasteiger partial charge in [-0.1, -0.05) is 59.1 Å². The molecule has 0 amide bonds. The number of rotatable bonds is 9. The first kappa shape index (κ1) is 25.3. The van der Waals surface area contributed by atoms with Crippen molar-refractivity contribution in [2.75, 3.05) is 46.4 Å². The minimum absolute atomic E-state index is 0.562. The molecule has 1 N–H and O–H groups in total. The molecule has 0 unspecified atom stereocenters. The Morgan fingerprint density at radius 1 is 0.824 bits per heavy atom. The van der Waals surface area contributed by atoms with Gasteiger partial charge in [0.25, 0.3) is 0 Å². The molecule has 7 heteroatoms. The van der Waals surface area contributed by atoms with E-state index in [0.717, 1.165) is 67.7 Å². The van der Waals surface area contributed by atoms with Crippen LogP contribution in [0.4, 0.5) is 0 Å². The second kappa shape index (κ2) is 12.3. The molecule has 1 aliphatic heterocycles. The first-order valence-corrected chi connectivity index (χ1v) is 12.7. The van der Waals surface area contributed by atoms with Gasteiger partial charge >= 0.3 is 0 Å². The molecule has 34 heavy (non-hydrogen) atoms. The molecule has 3 aromatic rings. The Labute approximate surface area is 217 Å². The summed E-state index contributed by atoms with van der Waals surface area (Å²) in [4.78, 5) is 4.85. The van der Waals surface area contributed by atoms with E-state index in [1.54, 1.807) is 0 Å². The smallest absolute Gasteiger partial charge is 0.123 e. The summed E-state index contributed by atoms with van der Waals surface area (Å²) in [5.41, 5.74) is 4.54. The van der Waals surface area contributed by atoms with E-state index in [1.807, 2.05) is 42.5 Å². The Hall–Kier alpha value is -1.79. The van der Waals surface area contributed by atoms with Gasteiger partial charge in [0.1, 0.15) is 12.4 Å². The number of halogens is 3. The summed E-state index contributed by atoms with van der Waals surface area (Å²) in [6.45, 7) is 7.25. The van der Waals surface area contributed by atoms with E-state index in [0.29, 0.717) is 16.7 Å². The highest BCUT2D eigenvalue weighted by atomic mass is 35.5. The van der Waals surface area contributed by atoms with Crippen molar-refractivity contribution in [2.45, 2.75) is 13.1 Å². The van der Waals surface area contributed by atoms with Gasteiger partial charge in [-0.05, 0) is 60.1 Å². The zero-order valence-electron chi connectivity index (χ0n) is 19.4. The average molecular weight is 519 g/mol. The molecule has 4 nitrogen and oxygen atoms in total. The van der Waals surface area contributed by atoms with E-state index < -0.39 is 0 Å². The van der Waals surface area contributed by atoms with Crippen LogP contribution in [-0.4, -0.2) is 56.2 Å². The van der Waals surface area contributed by atoms with E-state index >= 15 is 0 Å². The van der Waals surface area contributed by atoms with Crippen molar-refractivity contribution in [2.24, 2.45) is 0 Å². The van der Waals surface area contributed by atoms with Gasteiger partial charge in [0.2, 0.25) is 0 Å². The molecule has 0 aromatic heterocycles. The van der Waals surface area contributed by atoms with Crippen LogP contribution < -0.4 is 10.1 Å². The zero-order valence-corrected chi connectivity index (χ0v) is 21.6. The molecule has 0 radical (unpaired) electrons. The summed E-state index contributed by atoms with van der Waals surface area (Å²) in [5.74, 6) is 0.927. The van der Waals surface area contributed by atoms with Crippen LogP contribution in [0.1, 0.15) is 11.1 Å². The molecule has 0 saturated carbocycles. The zero-order chi connectivity index (χ0) is 23.9. The lowest BCUT2D eigenvalue weighted by molar-refractivity contribution is 0.146. The van der Waals surface area contributed by atoms with E-state index in [2.05, 4.69) is 40.4 Å². The first-order valence-electron chi connectivity index (χ1n) is 11.5. The lowest BCUT2D eigenvalue weighted by Crippen LogP contribution is -2.43. The number of hydrogen-bond donors (Lipinski definition) is 1. The highest BCUT2D eigenvalue weighted by Crippen LogP contribution is 2.32. The van der Waals surface area contributed by atoms with Crippen molar-refractivity contribution in [3.05, 3.63) is 86.9 Å². The lowest BCUT2D eigenvalue weighted by atomic mass is 10.0. The molecule has 0 aliphatic carbocycles. The fraction of sp³-hybridized carbons (Fsp3) is 0.333. The molecule has 0 spiro atoms. The van der Waals surface area contributed by atoms with Gasteiger partial charge in [0.05, 0.1) is 10.0 Å². The van der Waals surface area contributed by atoms with Crippen LogP contribution in [-0.2, 0) is 13.1 Å². The topological polar surface area (TPSA) is 27.7 Å². The number of hydrogen-bond acceptors (Lipinski definition) is 4. The number of ether oxygens (including phenoxy) is 1. The van der Waals surface area contributed by atoms with Gasteiger partial charge in [-0.3, -0.25) is 4.90 Å². The molecule has 1 saturated heterocycles. The third-order valence-corrected chi connectivity index (χ3v) is 7.07. The highest BCUT2D eigenvalue weighted by Gasteiger charge is 2.17. The Balaban J connectivity index is 1.42. The number of nitrogens with zero attached hydrogens (tertiary/aromatic N) is 2. The molecule has 4 rings (SSSR count). The largest absolute Gasteiger partial charge is 0.492 e. The van der Waals surface area contributed by atoms with Gasteiger partial charge in [0, 0.05) is 56.4 Å².